The van der Waals surface area contributed by atoms with Gasteiger partial charge in [-0.25, -0.2) is 0 Å². The average molecular weight is 517 g/mol. The minimum atomic E-state index is -4.54. The van der Waals surface area contributed by atoms with Gasteiger partial charge in [-0.15, -0.1) is 0 Å². The first-order valence-electron chi connectivity index (χ1n) is 12.3. The number of nitrogens with zero attached hydrogens (tertiary/aromatic N) is 2. The molecule has 1 aliphatic carbocycles. The van der Waals surface area contributed by atoms with Gasteiger partial charge >= 0.3 is 6.18 Å². The largest absolute Gasteiger partial charge is 0.472 e. The van der Waals surface area contributed by atoms with Crippen molar-refractivity contribution in [2.24, 2.45) is 0 Å². The van der Waals surface area contributed by atoms with E-state index in [2.05, 4.69) is 20.7 Å². The van der Waals surface area contributed by atoms with E-state index < -0.39 is 17.6 Å². The van der Waals surface area contributed by atoms with Gasteiger partial charge in [0.15, 0.2) is 5.58 Å². The first-order chi connectivity index (χ1) is 17.8. The Bertz CT molecular complexity index is 1260. The summed E-state index contributed by atoms with van der Waals surface area (Å²) < 4.78 is 49.9. The Kier molecular flexibility index (Phi) is 7.05. The molecule has 1 aliphatic heterocycles. The molecule has 2 fully saturated rings. The minimum absolute atomic E-state index is 0.0200. The molecule has 3 aromatic rings. The van der Waals surface area contributed by atoms with Crippen molar-refractivity contribution in [2.75, 3.05) is 19.6 Å². The molecule has 2 heterocycles. The molecule has 0 atom stereocenters. The van der Waals surface area contributed by atoms with Crippen molar-refractivity contribution in [2.45, 2.75) is 50.0 Å². The van der Waals surface area contributed by atoms with Crippen molar-refractivity contribution in [1.82, 2.24) is 20.7 Å². The van der Waals surface area contributed by atoms with Crippen LogP contribution in [0.25, 0.3) is 11.0 Å². The number of para-hydroxylation sites is 1. The number of carbonyl (C=O) groups excluding carboxylic acids is 2. The second kappa shape index (κ2) is 10.4. The third kappa shape index (κ3) is 5.87. The van der Waals surface area contributed by atoms with Crippen LogP contribution in [0.2, 0.25) is 0 Å². The fraction of sp³-hybridized carbons (Fsp3) is 0.423. The van der Waals surface area contributed by atoms with Crippen molar-refractivity contribution in [3.63, 3.8) is 0 Å². The number of halogens is 3. The number of ether oxygens (including phenoxy) is 1. The van der Waals surface area contributed by atoms with Crippen molar-refractivity contribution >= 4 is 22.8 Å². The van der Waals surface area contributed by atoms with Gasteiger partial charge in [-0.3, -0.25) is 14.5 Å². The molecule has 1 saturated heterocycles. The molecule has 11 heteroatoms. The Morgan fingerprint density at radius 2 is 1.81 bits per heavy atom. The zero-order valence-electron chi connectivity index (χ0n) is 20.0. The summed E-state index contributed by atoms with van der Waals surface area (Å²) in [6.45, 7) is 1.14. The lowest BCUT2D eigenvalue weighted by atomic mass is 9.89. The molecule has 0 bridgehead atoms. The number of nitrogens with one attached hydrogen (secondary N) is 2. The quantitative estimate of drug-likeness (QED) is 0.497. The lowest BCUT2D eigenvalue weighted by molar-refractivity contribution is -0.137. The summed E-state index contributed by atoms with van der Waals surface area (Å²) in [5, 5.41) is 10.2. The van der Waals surface area contributed by atoms with Gasteiger partial charge in [0.2, 0.25) is 5.91 Å². The van der Waals surface area contributed by atoms with Crippen LogP contribution in [0.4, 0.5) is 13.2 Å². The molecule has 2 N–H and O–H groups in total. The van der Waals surface area contributed by atoms with Gasteiger partial charge < -0.3 is 19.9 Å². The molecule has 2 aromatic carbocycles. The number of alkyl halides is 3. The number of fused-ring (bicyclic) bond motifs is 1. The summed E-state index contributed by atoms with van der Waals surface area (Å²) in [7, 11) is 0. The van der Waals surface area contributed by atoms with Crippen LogP contribution in [-0.2, 0) is 11.0 Å². The van der Waals surface area contributed by atoms with E-state index in [0.717, 1.165) is 62.4 Å². The molecule has 5 rings (SSSR count). The van der Waals surface area contributed by atoms with Gasteiger partial charge in [-0.05, 0) is 61.2 Å². The first-order valence-corrected chi connectivity index (χ1v) is 12.3. The number of carbonyl (C=O) groups is 2. The number of likely N-dealkylation sites (tertiary alicyclic amines) is 1. The van der Waals surface area contributed by atoms with E-state index in [1.165, 1.54) is 6.07 Å². The Labute approximate surface area is 211 Å². The molecule has 0 unspecified atom stereocenters. The first kappa shape index (κ1) is 25.1. The highest BCUT2D eigenvalue weighted by molar-refractivity contribution is 5.96. The van der Waals surface area contributed by atoms with Gasteiger partial charge in [-0.1, -0.05) is 18.2 Å². The number of rotatable bonds is 7. The number of hydrogen-bond donors (Lipinski definition) is 2. The maximum absolute atomic E-state index is 12.8. The summed E-state index contributed by atoms with van der Waals surface area (Å²) in [5.74, 6) is -0.568. The van der Waals surface area contributed by atoms with Gasteiger partial charge in [-0.2, -0.15) is 13.2 Å². The monoisotopic (exact) mass is 516 g/mol. The van der Waals surface area contributed by atoms with E-state index in [1.54, 1.807) is 0 Å². The van der Waals surface area contributed by atoms with Crippen LogP contribution in [-0.4, -0.2) is 59.7 Å². The second-order valence-corrected chi connectivity index (χ2v) is 9.51. The van der Waals surface area contributed by atoms with E-state index in [-0.39, 0.29) is 30.2 Å². The number of amides is 2. The molecule has 0 radical (unpaired) electrons. The number of aromatic nitrogens is 1. The summed E-state index contributed by atoms with van der Waals surface area (Å²) in [5.41, 5.74) is -0.352. The zero-order valence-corrected chi connectivity index (χ0v) is 20.0. The third-order valence-electron chi connectivity index (χ3n) is 6.92. The zero-order chi connectivity index (χ0) is 26.0. The topological polar surface area (TPSA) is 96.7 Å². The molecule has 196 valence electrons. The SMILES string of the molecule is O=C(CNC(=O)c1cccc(C(F)(F)F)c1)NC1CN(C2CCC(Oc3noc4ccccc34)CC2)C1. The van der Waals surface area contributed by atoms with Gasteiger partial charge in [0, 0.05) is 24.7 Å². The molecular weight excluding hydrogens is 489 g/mol. The van der Waals surface area contributed by atoms with Crippen molar-refractivity contribution in [3.05, 3.63) is 59.7 Å². The molecule has 0 spiro atoms. The second-order valence-electron chi connectivity index (χ2n) is 9.51. The van der Waals surface area contributed by atoms with E-state index in [0.29, 0.717) is 17.5 Å². The fourth-order valence-electron chi connectivity index (χ4n) is 4.91. The molecule has 2 amide bonds. The summed E-state index contributed by atoms with van der Waals surface area (Å²) in [6, 6.07) is 12.1. The molecule has 1 aromatic heterocycles. The molecular formula is C26H27F3N4O4. The van der Waals surface area contributed by atoms with Crippen LogP contribution in [0.3, 0.4) is 0 Å². The Hall–Kier alpha value is -3.60. The van der Waals surface area contributed by atoms with E-state index in [4.69, 9.17) is 9.26 Å². The average Bonchev–Trinajstić information content (AvgIpc) is 3.27. The van der Waals surface area contributed by atoms with E-state index in [9.17, 15) is 22.8 Å². The summed E-state index contributed by atoms with van der Waals surface area (Å²) in [4.78, 5) is 26.7. The van der Waals surface area contributed by atoms with E-state index in [1.807, 2.05) is 24.3 Å². The maximum atomic E-state index is 12.8. The van der Waals surface area contributed by atoms with Gasteiger partial charge in [0.05, 0.1) is 23.5 Å². The van der Waals surface area contributed by atoms with Crippen LogP contribution in [0.15, 0.2) is 53.1 Å². The standard InChI is InChI=1S/C26H27F3N4O4/c27-26(28,29)17-5-3-4-16(12-17)24(35)30-13-23(34)31-18-14-33(15-18)19-8-10-20(11-9-19)36-25-21-6-1-2-7-22(21)37-32-25/h1-7,12,18-20H,8-11,13-15H2,(H,30,35)(H,31,34). The maximum Gasteiger partial charge on any atom is 0.416 e. The molecule has 1 saturated carbocycles. The Morgan fingerprint density at radius 3 is 2.57 bits per heavy atom. The highest BCUT2D eigenvalue weighted by Gasteiger charge is 2.36. The fourth-order valence-corrected chi connectivity index (χ4v) is 4.91. The predicted octanol–water partition coefficient (Wildman–Crippen LogP) is 3.77. The summed E-state index contributed by atoms with van der Waals surface area (Å²) in [6.07, 6.45) is -0.686. The van der Waals surface area contributed by atoms with Gasteiger partial charge in [0.25, 0.3) is 11.8 Å². The molecule has 8 nitrogen and oxygen atoms in total. The molecule has 2 aliphatic rings. The van der Waals surface area contributed by atoms with Crippen molar-refractivity contribution in [1.29, 1.82) is 0 Å². The minimum Gasteiger partial charge on any atom is -0.472 e. The Morgan fingerprint density at radius 1 is 1.05 bits per heavy atom. The van der Waals surface area contributed by atoms with Crippen LogP contribution in [0.1, 0.15) is 41.6 Å². The van der Waals surface area contributed by atoms with E-state index >= 15 is 0 Å². The Balaban J connectivity index is 1.01. The lowest BCUT2D eigenvalue weighted by Crippen LogP contribution is -2.63. The highest BCUT2D eigenvalue weighted by Crippen LogP contribution is 2.32. The van der Waals surface area contributed by atoms with Crippen molar-refractivity contribution < 1.29 is 32.0 Å². The smallest absolute Gasteiger partial charge is 0.416 e. The van der Waals surface area contributed by atoms with Crippen LogP contribution >= 0.6 is 0 Å². The van der Waals surface area contributed by atoms with Crippen LogP contribution < -0.4 is 15.4 Å². The van der Waals surface area contributed by atoms with Crippen LogP contribution in [0.5, 0.6) is 5.88 Å². The predicted molar refractivity (Wildman–Crippen MR) is 128 cm³/mol. The third-order valence-corrected chi connectivity index (χ3v) is 6.92. The summed E-state index contributed by atoms with van der Waals surface area (Å²) >= 11 is 0. The van der Waals surface area contributed by atoms with Crippen molar-refractivity contribution in [3.8, 4) is 5.88 Å². The molecule has 37 heavy (non-hydrogen) atoms. The van der Waals surface area contributed by atoms with Gasteiger partial charge in [0.1, 0.15) is 6.10 Å². The highest BCUT2D eigenvalue weighted by atomic mass is 19.4. The van der Waals surface area contributed by atoms with Crippen LogP contribution in [0, 0.1) is 0 Å². The number of hydrogen-bond acceptors (Lipinski definition) is 6. The lowest BCUT2D eigenvalue weighted by Gasteiger charge is -2.46. The normalized spacial score (nSPS) is 20.8. The number of benzene rings is 2.